The average Bonchev–Trinajstić information content (AvgIpc) is 3.41. The van der Waals surface area contributed by atoms with E-state index in [-0.39, 0.29) is 13.0 Å². The summed E-state index contributed by atoms with van der Waals surface area (Å²) >= 11 is 0. The van der Waals surface area contributed by atoms with E-state index in [1.54, 1.807) is 0 Å². The van der Waals surface area contributed by atoms with E-state index in [4.69, 9.17) is 4.74 Å². The molecule has 2 N–H and O–H groups in total. The number of aromatic nitrogens is 2. The number of anilines is 2. The van der Waals surface area contributed by atoms with Crippen molar-refractivity contribution in [2.75, 3.05) is 37.4 Å². The fourth-order valence-corrected chi connectivity index (χ4v) is 10.3. The maximum Gasteiger partial charge on any atom is 0.126 e. The second kappa shape index (κ2) is 26.5. The molecule has 7 aromatic carbocycles. The van der Waals surface area contributed by atoms with Crippen LogP contribution < -0.4 is 20.3 Å². The summed E-state index contributed by atoms with van der Waals surface area (Å²) in [5, 5.41) is 13.2. The summed E-state index contributed by atoms with van der Waals surface area (Å²) in [6, 6.07) is 44.5. The normalized spacial score (nSPS) is 13.4. The number of aryl methyl sites for hydroxylation is 6. The molecule has 9 aromatic rings. The molecule has 0 unspecified atom stereocenters. The number of nitrogens with one attached hydrogen (secondary N) is 2. The van der Waals surface area contributed by atoms with Crippen molar-refractivity contribution in [3.05, 3.63) is 218 Å². The zero-order valence-corrected chi connectivity index (χ0v) is 46.8. The summed E-state index contributed by atoms with van der Waals surface area (Å²) in [5.74, 6) is 1.15. The van der Waals surface area contributed by atoms with Gasteiger partial charge in [-0.1, -0.05) is 117 Å². The number of hydrogen-bond acceptors (Lipinski definition) is 6. The number of ether oxygens (including phenoxy) is 1. The maximum absolute atomic E-state index is 6.17. The number of fused-ring (bicyclic) bond motifs is 6. The minimum absolute atomic E-state index is 0. The lowest BCUT2D eigenvalue weighted by atomic mass is 9.86. The van der Waals surface area contributed by atoms with Crippen molar-refractivity contribution >= 4 is 43.8 Å². The summed E-state index contributed by atoms with van der Waals surface area (Å²) in [5.41, 5.74) is 21.9. The van der Waals surface area contributed by atoms with Gasteiger partial charge >= 0.3 is 0 Å². The lowest BCUT2D eigenvalue weighted by Gasteiger charge is -2.35. The van der Waals surface area contributed by atoms with Crippen LogP contribution in [-0.2, 0) is 25.8 Å². The topological polar surface area (TPSA) is 62.3 Å². The maximum atomic E-state index is 6.17. The van der Waals surface area contributed by atoms with Crippen molar-refractivity contribution < 1.29 is 4.74 Å². The van der Waals surface area contributed by atoms with E-state index in [1.165, 1.54) is 130 Å². The van der Waals surface area contributed by atoms with Crippen molar-refractivity contribution in [2.24, 2.45) is 0 Å². The van der Waals surface area contributed by atoms with Gasteiger partial charge in [0.15, 0.2) is 0 Å². The molecule has 75 heavy (non-hydrogen) atoms. The van der Waals surface area contributed by atoms with Gasteiger partial charge in [-0.3, -0.25) is 9.97 Å². The Morgan fingerprint density at radius 2 is 1.13 bits per heavy atom. The molecule has 5 heterocycles. The van der Waals surface area contributed by atoms with Crippen LogP contribution in [0, 0.1) is 62.3 Å². The molecular weight excluding hydrogens is 915 g/mol. The van der Waals surface area contributed by atoms with Crippen molar-refractivity contribution in [2.45, 2.75) is 128 Å². The van der Waals surface area contributed by atoms with Gasteiger partial charge in [0.1, 0.15) is 11.4 Å². The Balaban J connectivity index is 0.000000147. The summed E-state index contributed by atoms with van der Waals surface area (Å²) in [6.07, 6.45) is 11.5. The third kappa shape index (κ3) is 14.4. The van der Waals surface area contributed by atoms with Crippen LogP contribution in [0.25, 0.3) is 32.4 Å². The Labute approximate surface area is 451 Å². The SMILES string of the molecule is C.Cc1c(C)c(C)c2c(c1C)CCC(C)(C)O2.Cc1cccc2c(N(C)C)cccc12.Cc1cccc2c1CNCC2.Cc1cccc2c1NCCC2.Cc1cccc2cccnc12.Cc1cccc2ccncc12. The highest BCUT2D eigenvalue weighted by molar-refractivity contribution is 5.96. The van der Waals surface area contributed by atoms with E-state index in [2.05, 4.69) is 231 Å². The number of rotatable bonds is 1. The largest absolute Gasteiger partial charge is 0.487 e. The molecule has 2 aromatic heterocycles. The van der Waals surface area contributed by atoms with Gasteiger partial charge in [-0.15, -0.1) is 0 Å². The van der Waals surface area contributed by atoms with E-state index >= 15 is 0 Å². The molecule has 12 rings (SSSR count). The quantitative estimate of drug-likeness (QED) is 0.171. The van der Waals surface area contributed by atoms with Crippen LogP contribution in [0.3, 0.4) is 0 Å². The molecule has 0 amide bonds. The Morgan fingerprint density at radius 3 is 1.84 bits per heavy atom. The summed E-state index contributed by atoms with van der Waals surface area (Å²) < 4.78 is 6.17. The predicted octanol–water partition coefficient (Wildman–Crippen LogP) is 17.0. The predicted molar refractivity (Wildman–Crippen MR) is 326 cm³/mol. The van der Waals surface area contributed by atoms with Gasteiger partial charge < -0.3 is 20.3 Å². The standard InChI is InChI=1S/C15H22O.C13H15N.C10H13N.C10H9N.C10H13N.C10H9N.CH4/c1-9-10(2)12(4)14-13(11(9)3)7-8-15(5,6)16-14;1-10-6-4-8-12-11(10)7-5-9-13(12)14(2)3;2*1-8-4-2-5-9-6-3-7-11-10(8)9;2*1-8-3-2-4-9-5-6-11-7-10(8)9;/h7-8H2,1-6H3;4-9H,1-3H3;2,4-5,11H,3,6-7H2,1H3;2-7H,1H3;2-4,11H,5-7H2,1H3;2-7H,1H3;1H4. The lowest BCUT2D eigenvalue weighted by molar-refractivity contribution is 0.0833. The molecule has 3 aliphatic heterocycles. The first kappa shape index (κ1) is 57.3. The van der Waals surface area contributed by atoms with Gasteiger partial charge in [-0.25, -0.2) is 0 Å². The second-order valence-electron chi connectivity index (χ2n) is 21.1. The highest BCUT2D eigenvalue weighted by Gasteiger charge is 2.30. The molecule has 0 aliphatic carbocycles. The Morgan fingerprint density at radius 1 is 0.520 bits per heavy atom. The molecule has 0 fully saturated rings. The van der Waals surface area contributed by atoms with Gasteiger partial charge in [0.05, 0.1) is 5.52 Å². The fourth-order valence-electron chi connectivity index (χ4n) is 10.3. The van der Waals surface area contributed by atoms with E-state index in [1.807, 2.05) is 30.7 Å². The minimum atomic E-state index is -0.00804. The molecule has 0 radical (unpaired) electrons. The molecule has 0 bridgehead atoms. The fraction of sp³-hybridized carbons (Fsp3) is 0.333. The third-order valence-electron chi connectivity index (χ3n) is 15.1. The number of nitrogens with zero attached hydrogens (tertiary/aromatic N) is 3. The first-order valence-corrected chi connectivity index (χ1v) is 26.7. The molecular formula is C69H85N5O. The zero-order chi connectivity index (χ0) is 52.9. The van der Waals surface area contributed by atoms with Crippen LogP contribution in [0.15, 0.2) is 146 Å². The van der Waals surface area contributed by atoms with E-state index in [0.29, 0.717) is 0 Å². The first-order chi connectivity index (χ1) is 35.5. The number of pyridine rings is 2. The third-order valence-corrected chi connectivity index (χ3v) is 15.1. The van der Waals surface area contributed by atoms with Crippen molar-refractivity contribution in [1.29, 1.82) is 0 Å². The monoisotopic (exact) mass is 1000 g/mol. The minimum Gasteiger partial charge on any atom is -0.487 e. The number of benzene rings is 7. The molecule has 392 valence electrons. The molecule has 6 heteroatoms. The van der Waals surface area contributed by atoms with Gasteiger partial charge in [-0.05, 0) is 216 Å². The molecule has 0 saturated carbocycles. The van der Waals surface area contributed by atoms with Crippen molar-refractivity contribution in [1.82, 2.24) is 15.3 Å². The molecule has 0 spiro atoms. The highest BCUT2D eigenvalue weighted by Crippen LogP contribution is 2.40. The molecule has 0 atom stereocenters. The number of hydrogen-bond donors (Lipinski definition) is 2. The highest BCUT2D eigenvalue weighted by atomic mass is 16.5. The summed E-state index contributed by atoms with van der Waals surface area (Å²) in [4.78, 5) is 10.5. The van der Waals surface area contributed by atoms with Gasteiger partial charge in [0.25, 0.3) is 0 Å². The molecule has 6 nitrogen and oxygen atoms in total. The zero-order valence-electron chi connectivity index (χ0n) is 46.8. The van der Waals surface area contributed by atoms with Gasteiger partial charge in [0.2, 0.25) is 0 Å². The van der Waals surface area contributed by atoms with Crippen LogP contribution in [0.4, 0.5) is 11.4 Å². The summed E-state index contributed by atoms with van der Waals surface area (Å²) in [7, 11) is 4.16. The second-order valence-corrected chi connectivity index (χ2v) is 21.1. The Hall–Kier alpha value is -7.02. The Kier molecular flexibility index (Phi) is 20.2. The molecule has 0 saturated heterocycles. The van der Waals surface area contributed by atoms with Crippen LogP contribution in [0.5, 0.6) is 5.75 Å². The van der Waals surface area contributed by atoms with Crippen LogP contribution in [0.2, 0.25) is 0 Å². The lowest BCUT2D eigenvalue weighted by Crippen LogP contribution is -2.33. The van der Waals surface area contributed by atoms with Crippen molar-refractivity contribution in [3.8, 4) is 5.75 Å². The smallest absolute Gasteiger partial charge is 0.126 e. The van der Waals surface area contributed by atoms with Crippen molar-refractivity contribution in [3.63, 3.8) is 0 Å². The summed E-state index contributed by atoms with van der Waals surface area (Å²) in [6.45, 7) is 27.2. The first-order valence-electron chi connectivity index (χ1n) is 26.7. The number of para-hydroxylation sites is 2. The van der Waals surface area contributed by atoms with E-state index in [0.717, 1.165) is 43.7 Å². The average molecular weight is 1000 g/mol. The van der Waals surface area contributed by atoms with Crippen LogP contribution >= 0.6 is 0 Å². The molecule has 3 aliphatic rings. The van der Waals surface area contributed by atoms with Crippen LogP contribution in [0.1, 0.15) is 106 Å². The van der Waals surface area contributed by atoms with E-state index in [9.17, 15) is 0 Å². The van der Waals surface area contributed by atoms with Crippen LogP contribution in [-0.4, -0.2) is 42.8 Å². The van der Waals surface area contributed by atoms with E-state index < -0.39 is 0 Å². The van der Waals surface area contributed by atoms with Gasteiger partial charge in [-0.2, -0.15) is 0 Å². The van der Waals surface area contributed by atoms with Gasteiger partial charge in [0, 0.05) is 73.3 Å². The Bertz CT molecular complexity index is 3190.